The van der Waals surface area contributed by atoms with Crippen LogP contribution in [0.2, 0.25) is 0 Å². The Bertz CT molecular complexity index is 365. The van der Waals surface area contributed by atoms with E-state index in [1.54, 1.807) is 6.07 Å². The molecule has 4 N–H and O–H groups in total. The predicted octanol–water partition coefficient (Wildman–Crippen LogP) is 0.239. The number of carbonyl (C=O) groups is 1. The molecule has 0 aliphatic heterocycles. The number of nitriles is 1. The molecule has 1 amide bonds. The molecular formula is C8H7N3O. The number of amides is 1. The summed E-state index contributed by atoms with van der Waals surface area (Å²) >= 11 is 0. The van der Waals surface area contributed by atoms with Crippen molar-refractivity contribution < 1.29 is 4.79 Å². The highest BCUT2D eigenvalue weighted by atomic mass is 16.1. The van der Waals surface area contributed by atoms with E-state index in [1.165, 1.54) is 12.1 Å². The molecule has 0 heterocycles. The van der Waals surface area contributed by atoms with E-state index < -0.39 is 5.91 Å². The maximum absolute atomic E-state index is 10.7. The summed E-state index contributed by atoms with van der Waals surface area (Å²) < 4.78 is 0. The van der Waals surface area contributed by atoms with Crippen LogP contribution >= 0.6 is 0 Å². The summed E-state index contributed by atoms with van der Waals surface area (Å²) in [7, 11) is 0. The number of nitrogen functional groups attached to an aromatic ring is 1. The van der Waals surface area contributed by atoms with Crippen molar-refractivity contribution in [2.75, 3.05) is 5.73 Å². The van der Waals surface area contributed by atoms with Crippen LogP contribution < -0.4 is 11.5 Å². The van der Waals surface area contributed by atoms with Gasteiger partial charge in [0.2, 0.25) is 5.91 Å². The molecule has 0 spiro atoms. The Hall–Kier alpha value is -2.02. The Balaban J connectivity index is 3.34. The van der Waals surface area contributed by atoms with Crippen LogP contribution in [-0.2, 0) is 0 Å². The lowest BCUT2D eigenvalue weighted by Gasteiger charge is -1.99. The number of primary amides is 1. The second-order valence-electron chi connectivity index (χ2n) is 2.28. The number of rotatable bonds is 1. The molecule has 1 aromatic carbocycles. The fraction of sp³-hybridized carbons (Fsp3) is 0. The molecule has 4 heteroatoms. The van der Waals surface area contributed by atoms with Gasteiger partial charge in [0.05, 0.1) is 17.2 Å². The highest BCUT2D eigenvalue weighted by molar-refractivity contribution is 5.96. The summed E-state index contributed by atoms with van der Waals surface area (Å²) in [6.07, 6.45) is 0. The van der Waals surface area contributed by atoms with Crippen molar-refractivity contribution >= 4 is 11.6 Å². The van der Waals surface area contributed by atoms with E-state index in [-0.39, 0.29) is 11.1 Å². The molecule has 1 rings (SSSR count). The van der Waals surface area contributed by atoms with Gasteiger partial charge in [0.25, 0.3) is 0 Å². The highest BCUT2D eigenvalue weighted by Gasteiger charge is 2.06. The van der Waals surface area contributed by atoms with Gasteiger partial charge in [-0.2, -0.15) is 5.26 Å². The van der Waals surface area contributed by atoms with Gasteiger partial charge >= 0.3 is 0 Å². The van der Waals surface area contributed by atoms with Crippen LogP contribution in [0.3, 0.4) is 0 Å². The molecule has 0 aliphatic rings. The first-order valence-corrected chi connectivity index (χ1v) is 3.24. The molecule has 0 aromatic heterocycles. The summed E-state index contributed by atoms with van der Waals surface area (Å²) in [5.41, 5.74) is 11.2. The molecule has 0 atom stereocenters. The minimum Gasteiger partial charge on any atom is -0.399 e. The summed E-state index contributed by atoms with van der Waals surface area (Å²) in [4.78, 5) is 10.7. The Labute approximate surface area is 69.4 Å². The van der Waals surface area contributed by atoms with Crippen molar-refractivity contribution in [1.82, 2.24) is 0 Å². The Kier molecular flexibility index (Phi) is 1.97. The lowest BCUT2D eigenvalue weighted by Crippen LogP contribution is -2.13. The second-order valence-corrected chi connectivity index (χ2v) is 2.28. The zero-order valence-electron chi connectivity index (χ0n) is 6.24. The Morgan fingerprint density at radius 2 is 2.17 bits per heavy atom. The zero-order valence-corrected chi connectivity index (χ0v) is 6.24. The summed E-state index contributed by atoms with van der Waals surface area (Å²) in [6, 6.07) is 6.25. The van der Waals surface area contributed by atoms with E-state index in [4.69, 9.17) is 16.7 Å². The van der Waals surface area contributed by atoms with E-state index in [0.717, 1.165) is 0 Å². The van der Waals surface area contributed by atoms with Crippen LogP contribution in [0.25, 0.3) is 0 Å². The van der Waals surface area contributed by atoms with Crippen LogP contribution in [-0.4, -0.2) is 5.91 Å². The number of anilines is 1. The monoisotopic (exact) mass is 161 g/mol. The first-order chi connectivity index (χ1) is 5.65. The first-order valence-electron chi connectivity index (χ1n) is 3.24. The van der Waals surface area contributed by atoms with E-state index in [1.807, 2.05) is 6.07 Å². The molecule has 1 aromatic rings. The highest BCUT2D eigenvalue weighted by Crippen LogP contribution is 2.11. The van der Waals surface area contributed by atoms with Gasteiger partial charge in [-0.05, 0) is 18.2 Å². The smallest absolute Gasteiger partial charge is 0.250 e. The fourth-order valence-corrected chi connectivity index (χ4v) is 0.863. The lowest BCUT2D eigenvalue weighted by atomic mass is 10.1. The molecule has 0 unspecified atom stereocenters. The normalized spacial score (nSPS) is 8.92. The van der Waals surface area contributed by atoms with E-state index in [2.05, 4.69) is 0 Å². The summed E-state index contributed by atoms with van der Waals surface area (Å²) in [6.45, 7) is 0. The molecular weight excluding hydrogens is 154 g/mol. The van der Waals surface area contributed by atoms with E-state index in [0.29, 0.717) is 5.69 Å². The maximum Gasteiger partial charge on any atom is 0.250 e. The van der Waals surface area contributed by atoms with Crippen LogP contribution in [0.15, 0.2) is 18.2 Å². The van der Waals surface area contributed by atoms with Crippen LogP contribution in [0.1, 0.15) is 15.9 Å². The number of hydrogen-bond donors (Lipinski definition) is 2. The molecule has 0 saturated heterocycles. The van der Waals surface area contributed by atoms with Gasteiger partial charge in [-0.1, -0.05) is 0 Å². The van der Waals surface area contributed by atoms with Crippen molar-refractivity contribution in [2.45, 2.75) is 0 Å². The van der Waals surface area contributed by atoms with Crippen LogP contribution in [0, 0.1) is 11.3 Å². The van der Waals surface area contributed by atoms with Gasteiger partial charge in [0, 0.05) is 5.69 Å². The molecule has 12 heavy (non-hydrogen) atoms. The molecule has 4 nitrogen and oxygen atoms in total. The minimum atomic E-state index is -0.640. The molecule has 0 aliphatic carbocycles. The van der Waals surface area contributed by atoms with Gasteiger partial charge in [-0.3, -0.25) is 4.79 Å². The van der Waals surface area contributed by atoms with Crippen LogP contribution in [0.4, 0.5) is 5.69 Å². The Morgan fingerprint density at radius 3 is 2.67 bits per heavy atom. The number of carbonyl (C=O) groups excluding carboxylic acids is 1. The third-order valence-electron chi connectivity index (χ3n) is 1.43. The van der Waals surface area contributed by atoms with Crippen molar-refractivity contribution in [3.05, 3.63) is 29.3 Å². The third-order valence-corrected chi connectivity index (χ3v) is 1.43. The maximum atomic E-state index is 10.7. The van der Waals surface area contributed by atoms with Crippen LogP contribution in [0.5, 0.6) is 0 Å². The summed E-state index contributed by atoms with van der Waals surface area (Å²) in [5.74, 6) is -0.640. The van der Waals surface area contributed by atoms with E-state index >= 15 is 0 Å². The van der Waals surface area contributed by atoms with Gasteiger partial charge in [-0.25, -0.2) is 0 Å². The molecule has 0 radical (unpaired) electrons. The van der Waals surface area contributed by atoms with Crippen molar-refractivity contribution in [3.8, 4) is 6.07 Å². The molecule has 60 valence electrons. The summed E-state index contributed by atoms with van der Waals surface area (Å²) in [5, 5.41) is 8.56. The Morgan fingerprint density at radius 1 is 1.50 bits per heavy atom. The number of benzene rings is 1. The minimum absolute atomic E-state index is 0.164. The van der Waals surface area contributed by atoms with Crippen molar-refractivity contribution in [3.63, 3.8) is 0 Å². The largest absolute Gasteiger partial charge is 0.399 e. The fourth-order valence-electron chi connectivity index (χ4n) is 0.863. The van der Waals surface area contributed by atoms with Gasteiger partial charge in [-0.15, -0.1) is 0 Å². The number of nitrogens with zero attached hydrogens (tertiary/aromatic N) is 1. The topological polar surface area (TPSA) is 92.9 Å². The lowest BCUT2D eigenvalue weighted by molar-refractivity contribution is 0.1000. The average Bonchev–Trinajstić information content (AvgIpc) is 2.04. The standard InChI is InChI=1S/C8H7N3O/c9-4-5-1-2-6(10)3-7(5)8(11)12/h1-3H,10H2,(H2,11,12). The molecule has 0 fully saturated rings. The quantitative estimate of drug-likeness (QED) is 0.577. The average molecular weight is 161 g/mol. The van der Waals surface area contributed by atoms with Gasteiger partial charge < -0.3 is 11.5 Å². The van der Waals surface area contributed by atoms with Crippen molar-refractivity contribution in [1.29, 1.82) is 5.26 Å². The zero-order chi connectivity index (χ0) is 9.14. The van der Waals surface area contributed by atoms with Crippen molar-refractivity contribution in [2.24, 2.45) is 5.73 Å². The molecule has 0 bridgehead atoms. The SMILES string of the molecule is N#Cc1ccc(N)cc1C(N)=O. The predicted molar refractivity (Wildman–Crippen MR) is 44.1 cm³/mol. The van der Waals surface area contributed by atoms with Gasteiger partial charge in [0.1, 0.15) is 0 Å². The second kappa shape index (κ2) is 2.93. The number of nitrogens with two attached hydrogens (primary N) is 2. The van der Waals surface area contributed by atoms with E-state index in [9.17, 15) is 4.79 Å². The van der Waals surface area contributed by atoms with Gasteiger partial charge in [0.15, 0.2) is 0 Å². The third kappa shape index (κ3) is 1.35. The number of hydrogen-bond acceptors (Lipinski definition) is 3. The molecule has 0 saturated carbocycles. The first kappa shape index (κ1) is 8.08.